The Bertz CT molecular complexity index is 579. The highest BCUT2D eigenvalue weighted by molar-refractivity contribution is 9.10. The second kappa shape index (κ2) is 4.73. The molecule has 1 aliphatic rings. The summed E-state index contributed by atoms with van der Waals surface area (Å²) in [4.78, 5) is 35.0. The van der Waals surface area contributed by atoms with Gasteiger partial charge in [0.05, 0.1) is 11.3 Å². The summed E-state index contributed by atoms with van der Waals surface area (Å²) in [6.45, 7) is 0.0610. The highest BCUT2D eigenvalue weighted by atomic mass is 79.9. The second-order valence-corrected chi connectivity index (χ2v) is 4.56. The summed E-state index contributed by atoms with van der Waals surface area (Å²) in [5, 5.41) is 8.47. The Balaban J connectivity index is 2.31. The predicted molar refractivity (Wildman–Crippen MR) is 67.6 cm³/mol. The Kier molecular flexibility index (Phi) is 3.29. The minimum atomic E-state index is -1.09. The van der Waals surface area contributed by atoms with Crippen LogP contribution < -0.4 is 4.90 Å². The van der Waals surface area contributed by atoms with Crippen LogP contribution in [0.1, 0.15) is 10.4 Å². The zero-order valence-corrected chi connectivity index (χ0v) is 10.7. The first-order chi connectivity index (χ1) is 8.50. The molecule has 18 heavy (non-hydrogen) atoms. The summed E-state index contributed by atoms with van der Waals surface area (Å²) in [5.41, 5.74) is 0.835. The molecule has 0 atom stereocenters. The maximum absolute atomic E-state index is 11.7. The number of nitrogens with zero attached hydrogens (tertiary/aromatic N) is 1. The first-order valence-electron chi connectivity index (χ1n) is 5.06. The standard InChI is InChI=1S/C12H8BrNO4/c13-7-3-4-9-8(6-7)11(17)12(18)14(9)5-1-2-10(15)16/h1-4,6H,5H2,(H,15,16)/b2-1+. The van der Waals surface area contributed by atoms with Crippen molar-refractivity contribution in [3.8, 4) is 0 Å². The lowest BCUT2D eigenvalue weighted by atomic mass is 10.1. The zero-order chi connectivity index (χ0) is 13.3. The highest BCUT2D eigenvalue weighted by Crippen LogP contribution is 2.31. The van der Waals surface area contributed by atoms with E-state index in [2.05, 4.69) is 15.9 Å². The highest BCUT2D eigenvalue weighted by Gasteiger charge is 2.35. The van der Waals surface area contributed by atoms with Crippen LogP contribution in [0.15, 0.2) is 34.8 Å². The van der Waals surface area contributed by atoms with Gasteiger partial charge in [-0.2, -0.15) is 0 Å². The van der Waals surface area contributed by atoms with E-state index in [0.29, 0.717) is 15.7 Å². The fourth-order valence-electron chi connectivity index (χ4n) is 1.71. The number of ketones is 1. The van der Waals surface area contributed by atoms with Crippen LogP contribution in [0, 0.1) is 0 Å². The van der Waals surface area contributed by atoms with Crippen molar-refractivity contribution in [1.82, 2.24) is 0 Å². The molecule has 1 aromatic carbocycles. The smallest absolute Gasteiger partial charge is 0.328 e. The van der Waals surface area contributed by atoms with E-state index < -0.39 is 17.7 Å². The number of carbonyl (C=O) groups is 3. The Morgan fingerprint density at radius 2 is 2.11 bits per heavy atom. The molecule has 0 spiro atoms. The van der Waals surface area contributed by atoms with Crippen molar-refractivity contribution >= 4 is 39.3 Å². The number of amides is 1. The number of Topliss-reactive ketones (excluding diaryl/α,β-unsaturated/α-hetero) is 1. The number of halogens is 1. The molecule has 0 unspecified atom stereocenters. The lowest BCUT2D eigenvalue weighted by molar-refractivity contribution is -0.131. The molecule has 0 fully saturated rings. The first kappa shape index (κ1) is 12.5. The maximum Gasteiger partial charge on any atom is 0.328 e. The minimum Gasteiger partial charge on any atom is -0.478 e. The van der Waals surface area contributed by atoms with E-state index in [4.69, 9.17) is 5.11 Å². The molecule has 6 heteroatoms. The average Bonchev–Trinajstić information content (AvgIpc) is 2.54. The van der Waals surface area contributed by atoms with Crippen LogP contribution in [0.2, 0.25) is 0 Å². The molecule has 1 aromatic rings. The van der Waals surface area contributed by atoms with Crippen LogP contribution >= 0.6 is 15.9 Å². The van der Waals surface area contributed by atoms with Gasteiger partial charge in [0.25, 0.3) is 11.7 Å². The van der Waals surface area contributed by atoms with Gasteiger partial charge in [0.2, 0.25) is 0 Å². The third-order valence-electron chi connectivity index (χ3n) is 2.48. The van der Waals surface area contributed by atoms with Gasteiger partial charge in [-0.15, -0.1) is 0 Å². The number of hydrogen-bond donors (Lipinski definition) is 1. The van der Waals surface area contributed by atoms with Crippen LogP contribution in [-0.4, -0.2) is 29.3 Å². The normalized spacial score (nSPS) is 14.4. The van der Waals surface area contributed by atoms with Crippen LogP contribution in [0.25, 0.3) is 0 Å². The van der Waals surface area contributed by atoms with Gasteiger partial charge >= 0.3 is 5.97 Å². The van der Waals surface area contributed by atoms with Crippen LogP contribution in [0.5, 0.6) is 0 Å². The first-order valence-corrected chi connectivity index (χ1v) is 5.85. The van der Waals surface area contributed by atoms with Gasteiger partial charge in [-0.3, -0.25) is 9.59 Å². The predicted octanol–water partition coefficient (Wildman–Crippen LogP) is 1.62. The Morgan fingerprint density at radius 3 is 2.78 bits per heavy atom. The molecule has 0 aliphatic carbocycles. The van der Waals surface area contributed by atoms with Gasteiger partial charge < -0.3 is 10.0 Å². The van der Waals surface area contributed by atoms with Crippen molar-refractivity contribution in [2.24, 2.45) is 0 Å². The molecule has 1 amide bonds. The van der Waals surface area contributed by atoms with E-state index in [1.165, 1.54) is 11.0 Å². The van der Waals surface area contributed by atoms with Crippen molar-refractivity contribution < 1.29 is 19.5 Å². The SMILES string of the molecule is O=C(O)/C=C/CN1C(=O)C(=O)c2cc(Br)ccc21. The molecular weight excluding hydrogens is 302 g/mol. The van der Waals surface area contributed by atoms with Gasteiger partial charge in [-0.1, -0.05) is 22.0 Å². The van der Waals surface area contributed by atoms with Crippen molar-refractivity contribution in [3.05, 3.63) is 40.4 Å². The molecule has 1 N–H and O–H groups in total. The lowest BCUT2D eigenvalue weighted by Crippen LogP contribution is -2.29. The molecule has 5 nitrogen and oxygen atoms in total. The van der Waals surface area contributed by atoms with Crippen LogP contribution in [0.3, 0.4) is 0 Å². The molecule has 1 heterocycles. The fourth-order valence-corrected chi connectivity index (χ4v) is 2.07. The van der Waals surface area contributed by atoms with Gasteiger partial charge in [0.1, 0.15) is 0 Å². The number of carbonyl (C=O) groups excluding carboxylic acids is 2. The van der Waals surface area contributed by atoms with Gasteiger partial charge in [-0.25, -0.2) is 4.79 Å². The van der Waals surface area contributed by atoms with Crippen molar-refractivity contribution in [2.45, 2.75) is 0 Å². The molecule has 1 aliphatic heterocycles. The van der Waals surface area contributed by atoms with Gasteiger partial charge in [-0.05, 0) is 18.2 Å². The monoisotopic (exact) mass is 309 g/mol. The van der Waals surface area contributed by atoms with E-state index >= 15 is 0 Å². The van der Waals surface area contributed by atoms with Crippen molar-refractivity contribution in [2.75, 3.05) is 11.4 Å². The Labute approximate surface area is 111 Å². The van der Waals surface area contributed by atoms with Crippen molar-refractivity contribution in [1.29, 1.82) is 0 Å². The van der Waals surface area contributed by atoms with Crippen molar-refractivity contribution in [3.63, 3.8) is 0 Å². The van der Waals surface area contributed by atoms with Crippen LogP contribution in [-0.2, 0) is 9.59 Å². The quantitative estimate of drug-likeness (QED) is 0.680. The molecule has 0 saturated heterocycles. The minimum absolute atomic E-state index is 0.0610. The molecule has 0 radical (unpaired) electrons. The van der Waals surface area contributed by atoms with E-state index in [0.717, 1.165) is 6.08 Å². The number of carboxylic acids is 1. The molecule has 0 aromatic heterocycles. The molecule has 0 saturated carbocycles. The maximum atomic E-state index is 11.7. The third kappa shape index (κ3) is 2.19. The number of fused-ring (bicyclic) bond motifs is 1. The van der Waals surface area contributed by atoms with Crippen LogP contribution in [0.4, 0.5) is 5.69 Å². The summed E-state index contributed by atoms with van der Waals surface area (Å²) in [5.74, 6) is -2.31. The Hall–Kier alpha value is -1.95. The molecule has 92 valence electrons. The van der Waals surface area contributed by atoms with E-state index in [-0.39, 0.29) is 6.54 Å². The summed E-state index contributed by atoms with van der Waals surface area (Å²) >= 11 is 3.23. The second-order valence-electron chi connectivity index (χ2n) is 3.65. The van der Waals surface area contributed by atoms with E-state index in [1.807, 2.05) is 0 Å². The number of benzene rings is 1. The topological polar surface area (TPSA) is 74.7 Å². The number of anilines is 1. The number of rotatable bonds is 3. The van der Waals surface area contributed by atoms with E-state index in [9.17, 15) is 14.4 Å². The Morgan fingerprint density at radius 1 is 1.39 bits per heavy atom. The van der Waals surface area contributed by atoms with Gasteiger partial charge in [0, 0.05) is 17.1 Å². The summed E-state index contributed by atoms with van der Waals surface area (Å²) in [7, 11) is 0. The fraction of sp³-hybridized carbons (Fsp3) is 0.0833. The zero-order valence-electron chi connectivity index (χ0n) is 9.09. The number of hydrogen-bond acceptors (Lipinski definition) is 3. The largest absolute Gasteiger partial charge is 0.478 e. The summed E-state index contributed by atoms with van der Waals surface area (Å²) in [6.07, 6.45) is 2.26. The molecule has 0 bridgehead atoms. The average molecular weight is 310 g/mol. The summed E-state index contributed by atoms with van der Waals surface area (Å²) < 4.78 is 0.713. The third-order valence-corrected chi connectivity index (χ3v) is 2.98. The lowest BCUT2D eigenvalue weighted by Gasteiger charge is -2.13. The molecule has 2 rings (SSSR count). The molecular formula is C12H8BrNO4. The van der Waals surface area contributed by atoms with Gasteiger partial charge in [0.15, 0.2) is 0 Å². The van der Waals surface area contributed by atoms with E-state index in [1.54, 1.807) is 18.2 Å². The summed E-state index contributed by atoms with van der Waals surface area (Å²) in [6, 6.07) is 4.95. The number of aliphatic carboxylic acids is 1. The number of carboxylic acid groups (broad SMARTS) is 1.